The fourth-order valence-electron chi connectivity index (χ4n) is 2.64. The van der Waals surface area contributed by atoms with E-state index < -0.39 is 0 Å². The maximum absolute atomic E-state index is 12.2. The number of hydrogen-bond acceptors (Lipinski definition) is 2. The smallest absolute Gasteiger partial charge is 0.227 e. The van der Waals surface area contributed by atoms with Crippen LogP contribution in [0.2, 0.25) is 0 Å². The lowest BCUT2D eigenvalue weighted by molar-refractivity contribution is -0.135. The third kappa shape index (κ3) is 4.59. The Bertz CT molecular complexity index is 477. The van der Waals surface area contributed by atoms with Gasteiger partial charge in [0.25, 0.3) is 0 Å². The summed E-state index contributed by atoms with van der Waals surface area (Å²) in [6.45, 7) is 5.49. The Labute approximate surface area is 126 Å². The largest absolute Gasteiger partial charge is 0.343 e. The molecule has 114 valence electrons. The third-order valence-electron chi connectivity index (χ3n) is 3.84. The number of hydrogen-bond donors (Lipinski definition) is 1. The predicted octanol–water partition coefficient (Wildman–Crippen LogP) is 2.91. The standard InChI is InChI=1S/C17H24N2O2/c1-13(2)12-16(20)19-10-8-14(9-11-19)17(21)18-15-6-4-3-5-7-15/h3-7,13-14H,8-12H2,1-2H3,(H,18,21). The molecule has 1 fully saturated rings. The molecule has 1 N–H and O–H groups in total. The summed E-state index contributed by atoms with van der Waals surface area (Å²) in [6.07, 6.45) is 2.10. The minimum Gasteiger partial charge on any atom is -0.343 e. The van der Waals surface area contributed by atoms with Crippen molar-refractivity contribution in [2.24, 2.45) is 11.8 Å². The first-order valence-electron chi connectivity index (χ1n) is 7.70. The molecule has 2 rings (SSSR count). The minimum atomic E-state index is 0.00769. The van der Waals surface area contributed by atoms with E-state index in [0.29, 0.717) is 25.4 Å². The summed E-state index contributed by atoms with van der Waals surface area (Å²) < 4.78 is 0. The Kier molecular flexibility index (Phi) is 5.37. The summed E-state index contributed by atoms with van der Waals surface area (Å²) in [7, 11) is 0. The van der Waals surface area contributed by atoms with Gasteiger partial charge in [0.05, 0.1) is 0 Å². The van der Waals surface area contributed by atoms with Gasteiger partial charge in [0, 0.05) is 31.1 Å². The van der Waals surface area contributed by atoms with Crippen LogP contribution in [-0.2, 0) is 9.59 Å². The summed E-state index contributed by atoms with van der Waals surface area (Å²) in [5.41, 5.74) is 0.834. The molecule has 0 saturated carbocycles. The van der Waals surface area contributed by atoms with Crippen molar-refractivity contribution in [1.29, 1.82) is 0 Å². The van der Waals surface area contributed by atoms with Crippen LogP contribution >= 0.6 is 0 Å². The molecule has 0 spiro atoms. The van der Waals surface area contributed by atoms with E-state index in [-0.39, 0.29) is 17.7 Å². The predicted molar refractivity (Wildman–Crippen MR) is 83.8 cm³/mol. The number of nitrogens with one attached hydrogen (secondary N) is 1. The number of benzene rings is 1. The van der Waals surface area contributed by atoms with Gasteiger partial charge in [0.2, 0.25) is 11.8 Å². The third-order valence-corrected chi connectivity index (χ3v) is 3.84. The molecule has 1 aromatic rings. The zero-order valence-corrected chi connectivity index (χ0v) is 12.8. The Morgan fingerprint density at radius 2 is 1.81 bits per heavy atom. The highest BCUT2D eigenvalue weighted by Gasteiger charge is 2.27. The lowest BCUT2D eigenvalue weighted by Crippen LogP contribution is -2.41. The van der Waals surface area contributed by atoms with Crippen molar-refractivity contribution in [3.05, 3.63) is 30.3 Å². The molecule has 1 heterocycles. The van der Waals surface area contributed by atoms with E-state index in [2.05, 4.69) is 19.2 Å². The molecule has 0 bridgehead atoms. The molecular weight excluding hydrogens is 264 g/mol. The number of para-hydroxylation sites is 1. The van der Waals surface area contributed by atoms with Crippen LogP contribution in [-0.4, -0.2) is 29.8 Å². The first-order valence-corrected chi connectivity index (χ1v) is 7.70. The van der Waals surface area contributed by atoms with Gasteiger partial charge in [-0.25, -0.2) is 0 Å². The lowest BCUT2D eigenvalue weighted by atomic mass is 9.95. The topological polar surface area (TPSA) is 49.4 Å². The molecule has 21 heavy (non-hydrogen) atoms. The van der Waals surface area contributed by atoms with Gasteiger partial charge >= 0.3 is 0 Å². The maximum atomic E-state index is 12.2. The molecule has 4 nitrogen and oxygen atoms in total. The van der Waals surface area contributed by atoms with Gasteiger partial charge in [-0.1, -0.05) is 32.0 Å². The number of amides is 2. The molecule has 1 aromatic carbocycles. The average Bonchev–Trinajstić information content (AvgIpc) is 2.47. The van der Waals surface area contributed by atoms with Gasteiger partial charge in [-0.3, -0.25) is 9.59 Å². The van der Waals surface area contributed by atoms with E-state index in [4.69, 9.17) is 0 Å². The number of likely N-dealkylation sites (tertiary alicyclic amines) is 1. The summed E-state index contributed by atoms with van der Waals surface area (Å²) in [6, 6.07) is 9.51. The van der Waals surface area contributed by atoms with Crippen molar-refractivity contribution in [2.45, 2.75) is 33.1 Å². The van der Waals surface area contributed by atoms with Crippen LogP contribution in [0.25, 0.3) is 0 Å². The highest BCUT2D eigenvalue weighted by atomic mass is 16.2. The Morgan fingerprint density at radius 3 is 2.38 bits per heavy atom. The number of carbonyl (C=O) groups excluding carboxylic acids is 2. The van der Waals surface area contributed by atoms with Crippen LogP contribution in [0.3, 0.4) is 0 Å². The maximum Gasteiger partial charge on any atom is 0.227 e. The second kappa shape index (κ2) is 7.25. The zero-order valence-electron chi connectivity index (χ0n) is 12.8. The monoisotopic (exact) mass is 288 g/mol. The van der Waals surface area contributed by atoms with E-state index >= 15 is 0 Å². The van der Waals surface area contributed by atoms with Crippen molar-refractivity contribution in [1.82, 2.24) is 4.90 Å². The summed E-state index contributed by atoms with van der Waals surface area (Å²) in [4.78, 5) is 26.1. The Morgan fingerprint density at radius 1 is 1.19 bits per heavy atom. The van der Waals surface area contributed by atoms with Gasteiger partial charge in [0.15, 0.2) is 0 Å². The molecule has 0 atom stereocenters. The lowest BCUT2D eigenvalue weighted by Gasteiger charge is -2.31. The number of anilines is 1. The van der Waals surface area contributed by atoms with E-state index in [0.717, 1.165) is 18.5 Å². The molecular formula is C17H24N2O2. The SMILES string of the molecule is CC(C)CC(=O)N1CCC(C(=O)Nc2ccccc2)CC1. The van der Waals surface area contributed by atoms with Crippen LogP contribution in [0.1, 0.15) is 33.1 Å². The van der Waals surface area contributed by atoms with Gasteiger partial charge < -0.3 is 10.2 Å². The minimum absolute atomic E-state index is 0.00769. The van der Waals surface area contributed by atoms with Crippen LogP contribution < -0.4 is 5.32 Å². The van der Waals surface area contributed by atoms with Gasteiger partial charge in [-0.15, -0.1) is 0 Å². The van der Waals surface area contributed by atoms with E-state index in [9.17, 15) is 9.59 Å². The molecule has 4 heteroatoms. The van der Waals surface area contributed by atoms with Crippen LogP contribution in [0.5, 0.6) is 0 Å². The van der Waals surface area contributed by atoms with Crippen molar-refractivity contribution in [3.8, 4) is 0 Å². The summed E-state index contributed by atoms with van der Waals surface area (Å²) >= 11 is 0. The summed E-state index contributed by atoms with van der Waals surface area (Å²) in [5.74, 6) is 0.675. The fourth-order valence-corrected chi connectivity index (χ4v) is 2.64. The quantitative estimate of drug-likeness (QED) is 0.926. The van der Waals surface area contributed by atoms with E-state index in [1.807, 2.05) is 35.2 Å². The Balaban J connectivity index is 1.81. The number of nitrogens with zero attached hydrogens (tertiary/aromatic N) is 1. The molecule has 1 aliphatic rings. The molecule has 1 saturated heterocycles. The van der Waals surface area contributed by atoms with Crippen molar-refractivity contribution in [3.63, 3.8) is 0 Å². The first kappa shape index (κ1) is 15.5. The van der Waals surface area contributed by atoms with Gasteiger partial charge in [0.1, 0.15) is 0 Å². The van der Waals surface area contributed by atoms with Crippen LogP contribution in [0.15, 0.2) is 30.3 Å². The highest BCUT2D eigenvalue weighted by molar-refractivity contribution is 5.92. The van der Waals surface area contributed by atoms with Crippen LogP contribution in [0, 0.1) is 11.8 Å². The number of carbonyl (C=O) groups is 2. The molecule has 0 radical (unpaired) electrons. The second-order valence-electron chi connectivity index (χ2n) is 6.11. The Hall–Kier alpha value is -1.84. The molecule has 0 unspecified atom stereocenters. The summed E-state index contributed by atoms with van der Waals surface area (Å²) in [5, 5.41) is 2.95. The number of rotatable bonds is 4. The first-order chi connectivity index (χ1) is 10.1. The molecule has 2 amide bonds. The normalized spacial score (nSPS) is 16.0. The van der Waals surface area contributed by atoms with E-state index in [1.54, 1.807) is 0 Å². The number of piperidine rings is 1. The van der Waals surface area contributed by atoms with Crippen molar-refractivity contribution >= 4 is 17.5 Å². The van der Waals surface area contributed by atoms with E-state index in [1.165, 1.54) is 0 Å². The van der Waals surface area contributed by atoms with Gasteiger partial charge in [-0.2, -0.15) is 0 Å². The fraction of sp³-hybridized carbons (Fsp3) is 0.529. The van der Waals surface area contributed by atoms with Crippen molar-refractivity contribution < 1.29 is 9.59 Å². The average molecular weight is 288 g/mol. The zero-order chi connectivity index (χ0) is 15.2. The van der Waals surface area contributed by atoms with Gasteiger partial charge in [-0.05, 0) is 30.9 Å². The highest BCUT2D eigenvalue weighted by Crippen LogP contribution is 2.20. The molecule has 1 aliphatic heterocycles. The molecule has 0 aromatic heterocycles. The van der Waals surface area contributed by atoms with Crippen molar-refractivity contribution in [2.75, 3.05) is 18.4 Å². The second-order valence-corrected chi connectivity index (χ2v) is 6.11. The van der Waals surface area contributed by atoms with Crippen LogP contribution in [0.4, 0.5) is 5.69 Å². The molecule has 0 aliphatic carbocycles.